The highest BCUT2D eigenvalue weighted by atomic mass is 15.2. The summed E-state index contributed by atoms with van der Waals surface area (Å²) in [5.41, 5.74) is 15.7. The molecule has 0 spiro atoms. The Bertz CT molecular complexity index is 3280. The van der Waals surface area contributed by atoms with Crippen molar-refractivity contribution in [2.45, 2.75) is 19.3 Å². The number of anilines is 2. The molecule has 0 radical (unpaired) electrons. The van der Waals surface area contributed by atoms with Gasteiger partial charge in [0.25, 0.3) is 0 Å². The van der Waals surface area contributed by atoms with Crippen LogP contribution in [0.2, 0.25) is 0 Å². The minimum Gasteiger partial charge on any atom is -0.313 e. The van der Waals surface area contributed by atoms with Crippen LogP contribution in [0.5, 0.6) is 0 Å². The largest absolute Gasteiger partial charge is 0.313 e. The monoisotopic (exact) mass is 860 g/mol. The number of hydrogen-bond donors (Lipinski definition) is 0. The quantitative estimate of drug-likeness (QED) is 0.113. The molecule has 5 aliphatic carbocycles. The Morgan fingerprint density at radius 3 is 2.13 bits per heavy atom. The third-order valence-electron chi connectivity index (χ3n) is 14.0. The van der Waals surface area contributed by atoms with Gasteiger partial charge >= 0.3 is 0 Å². The predicted molar refractivity (Wildman–Crippen MR) is 285 cm³/mol. The fraction of sp³-hybridized carbons (Fsp3) is 0.0769. The second kappa shape index (κ2) is 17.6. The highest BCUT2D eigenvalue weighted by Crippen LogP contribution is 2.74. The lowest BCUT2D eigenvalue weighted by Crippen LogP contribution is -2.30. The van der Waals surface area contributed by atoms with Crippen LogP contribution >= 0.6 is 0 Å². The molecule has 2 nitrogen and oxygen atoms in total. The van der Waals surface area contributed by atoms with Gasteiger partial charge in [-0.2, -0.15) is 0 Å². The van der Waals surface area contributed by atoms with Crippen molar-refractivity contribution in [3.05, 3.63) is 308 Å². The van der Waals surface area contributed by atoms with Crippen molar-refractivity contribution in [3.8, 4) is 11.1 Å². The molecule has 0 saturated heterocycles. The maximum absolute atomic E-state index is 4.99. The van der Waals surface area contributed by atoms with E-state index < -0.39 is 0 Å². The standard InChI is InChI=1S/C65H52N2/c1-3-21-58(48(2)66(63-36-20-44-64-43-15-16-45-65(63,64)47-64)56-31-18-27-51(37-40-56)49-22-7-4-8-23-49)54-29-17-30-55(46-54)60-32-11-6-12-34-61(60)67(62-35-19-28-53-26-13-14-33-59(53)62)57-41-38-52(39-42-57)50-24-9-5-10-25-50/h3-26,28-33,35-46H,1-2,27,34,47H2/b58-21+. The molecule has 5 aliphatic rings. The maximum atomic E-state index is 4.99. The number of nitrogens with zero attached hydrogens (tertiary/aromatic N) is 2. The van der Waals surface area contributed by atoms with Crippen molar-refractivity contribution in [2.24, 2.45) is 10.8 Å². The van der Waals surface area contributed by atoms with Crippen molar-refractivity contribution < 1.29 is 0 Å². The highest BCUT2D eigenvalue weighted by Gasteiger charge is 2.67. The first-order chi connectivity index (χ1) is 33.1. The van der Waals surface area contributed by atoms with E-state index in [2.05, 4.69) is 265 Å². The molecule has 2 heteroatoms. The van der Waals surface area contributed by atoms with Gasteiger partial charge in [-0.3, -0.25) is 0 Å². The summed E-state index contributed by atoms with van der Waals surface area (Å²) in [5, 5.41) is 2.40. The van der Waals surface area contributed by atoms with Crippen LogP contribution in [-0.2, 0) is 0 Å². The molecule has 0 N–H and O–H groups in total. The van der Waals surface area contributed by atoms with Crippen LogP contribution < -0.4 is 4.90 Å². The van der Waals surface area contributed by atoms with Gasteiger partial charge in [-0.25, -0.2) is 0 Å². The molecule has 2 atom stereocenters. The average Bonchev–Trinajstić information content (AvgIpc) is 4.18. The van der Waals surface area contributed by atoms with E-state index in [1.807, 2.05) is 6.08 Å². The van der Waals surface area contributed by atoms with E-state index in [1.165, 1.54) is 44.4 Å². The smallest absolute Gasteiger partial charge is 0.0537 e. The van der Waals surface area contributed by atoms with Gasteiger partial charge in [-0.15, -0.1) is 0 Å². The molecule has 6 aromatic carbocycles. The fourth-order valence-electron chi connectivity index (χ4n) is 10.6. The first kappa shape index (κ1) is 41.5. The summed E-state index contributed by atoms with van der Waals surface area (Å²) in [7, 11) is 0. The molecule has 1 fully saturated rings. The van der Waals surface area contributed by atoms with Gasteiger partial charge in [0.1, 0.15) is 0 Å². The van der Waals surface area contributed by atoms with Gasteiger partial charge in [0, 0.05) is 62.3 Å². The lowest BCUT2D eigenvalue weighted by atomic mass is 9.81. The number of rotatable bonds is 12. The Labute approximate surface area is 395 Å². The lowest BCUT2D eigenvalue weighted by Gasteiger charge is -2.38. The minimum atomic E-state index is -0.157. The zero-order valence-electron chi connectivity index (χ0n) is 37.7. The third kappa shape index (κ3) is 7.61. The van der Waals surface area contributed by atoms with Crippen LogP contribution in [0.4, 0.5) is 11.4 Å². The molecule has 0 amide bonds. The molecule has 0 aromatic heterocycles. The van der Waals surface area contributed by atoms with Crippen molar-refractivity contribution in [1.82, 2.24) is 4.90 Å². The Kier molecular flexibility index (Phi) is 10.9. The second-order valence-electron chi connectivity index (χ2n) is 17.9. The summed E-state index contributed by atoms with van der Waals surface area (Å²) >= 11 is 0. The van der Waals surface area contributed by atoms with E-state index in [1.54, 1.807) is 0 Å². The number of fused-ring (bicyclic) bond motifs is 1. The summed E-state index contributed by atoms with van der Waals surface area (Å²) < 4.78 is 0. The zero-order valence-corrected chi connectivity index (χ0v) is 37.7. The summed E-state index contributed by atoms with van der Waals surface area (Å²) in [6.07, 6.45) is 40.8. The van der Waals surface area contributed by atoms with E-state index in [0.29, 0.717) is 0 Å². The van der Waals surface area contributed by atoms with Gasteiger partial charge in [-0.1, -0.05) is 226 Å². The van der Waals surface area contributed by atoms with Crippen LogP contribution in [-0.4, -0.2) is 4.90 Å². The molecule has 0 heterocycles. The predicted octanol–water partition coefficient (Wildman–Crippen LogP) is 16.8. The topological polar surface area (TPSA) is 6.48 Å². The van der Waals surface area contributed by atoms with Gasteiger partial charge in [0.2, 0.25) is 0 Å². The van der Waals surface area contributed by atoms with Gasteiger partial charge in [0.15, 0.2) is 0 Å². The summed E-state index contributed by atoms with van der Waals surface area (Å²) in [5.74, 6) is 0. The van der Waals surface area contributed by atoms with Gasteiger partial charge in [-0.05, 0) is 94.1 Å². The summed E-state index contributed by atoms with van der Waals surface area (Å²) in [6, 6.07) is 54.7. The fourth-order valence-corrected chi connectivity index (χ4v) is 10.6. The van der Waals surface area contributed by atoms with Crippen molar-refractivity contribution in [3.63, 3.8) is 0 Å². The number of hydrogen-bond acceptors (Lipinski definition) is 2. The molecule has 1 saturated carbocycles. The minimum absolute atomic E-state index is 0.0345. The molecule has 0 bridgehead atoms. The van der Waals surface area contributed by atoms with Crippen molar-refractivity contribution in [2.75, 3.05) is 4.90 Å². The van der Waals surface area contributed by atoms with E-state index in [0.717, 1.165) is 64.3 Å². The van der Waals surface area contributed by atoms with E-state index in [-0.39, 0.29) is 10.8 Å². The van der Waals surface area contributed by atoms with Crippen molar-refractivity contribution in [1.29, 1.82) is 0 Å². The second-order valence-corrected chi connectivity index (χ2v) is 17.9. The van der Waals surface area contributed by atoms with E-state index >= 15 is 0 Å². The molecule has 2 unspecified atom stereocenters. The first-order valence-corrected chi connectivity index (χ1v) is 23.4. The Morgan fingerprint density at radius 2 is 1.30 bits per heavy atom. The Morgan fingerprint density at radius 1 is 0.582 bits per heavy atom. The van der Waals surface area contributed by atoms with Crippen molar-refractivity contribution >= 4 is 38.9 Å². The van der Waals surface area contributed by atoms with Gasteiger partial charge < -0.3 is 9.80 Å². The molecule has 0 aliphatic heterocycles. The molecule has 67 heavy (non-hydrogen) atoms. The SMILES string of the molecule is C=C/C=C(\C(=C)N(C1=CC=C(c2ccccc2)CC=C1)C1=CC=CC23C=CC=CC12C3)c1cccc(C2=C(N(c3ccc(-c4ccccc4)cc3)c3cccc4ccccc34)CC=CC=C2)c1. The maximum Gasteiger partial charge on any atom is 0.0537 e. The number of allylic oxidation sites excluding steroid dienone is 20. The lowest BCUT2D eigenvalue weighted by molar-refractivity contribution is 0.447. The average molecular weight is 861 g/mol. The molecular weight excluding hydrogens is 809 g/mol. The van der Waals surface area contributed by atoms with E-state index in [9.17, 15) is 0 Å². The highest BCUT2D eigenvalue weighted by molar-refractivity contribution is 5.99. The van der Waals surface area contributed by atoms with Gasteiger partial charge in [0.05, 0.1) is 5.69 Å². The molecule has 322 valence electrons. The van der Waals surface area contributed by atoms with E-state index in [4.69, 9.17) is 6.58 Å². The molecule has 6 aromatic rings. The normalized spacial score (nSPS) is 20.2. The summed E-state index contributed by atoms with van der Waals surface area (Å²) in [4.78, 5) is 4.89. The van der Waals surface area contributed by atoms with Crippen LogP contribution in [0.15, 0.2) is 291 Å². The Hall–Kier alpha value is -8.20. The van der Waals surface area contributed by atoms with Crippen LogP contribution in [0.1, 0.15) is 36.0 Å². The van der Waals surface area contributed by atoms with Crippen LogP contribution in [0, 0.1) is 10.8 Å². The first-order valence-electron chi connectivity index (χ1n) is 23.4. The zero-order chi connectivity index (χ0) is 45.2. The molecular formula is C65H52N2. The number of benzene rings is 6. The van der Waals surface area contributed by atoms with Crippen LogP contribution in [0.3, 0.4) is 0 Å². The molecule has 11 rings (SSSR count). The van der Waals surface area contributed by atoms with Crippen LogP contribution in [0.25, 0.3) is 38.6 Å². The Balaban J connectivity index is 1.04. The third-order valence-corrected chi connectivity index (χ3v) is 14.0. The summed E-state index contributed by atoms with van der Waals surface area (Å²) in [6.45, 7) is 9.25.